The van der Waals surface area contributed by atoms with Gasteiger partial charge in [-0.15, -0.1) is 0 Å². The lowest BCUT2D eigenvalue weighted by atomic mass is 9.74. The lowest BCUT2D eigenvalue weighted by Crippen LogP contribution is -2.38. The van der Waals surface area contributed by atoms with Crippen molar-refractivity contribution in [2.75, 3.05) is 7.11 Å². The van der Waals surface area contributed by atoms with Crippen LogP contribution in [-0.2, 0) is 5.41 Å². The van der Waals surface area contributed by atoms with Crippen LogP contribution in [-0.4, -0.2) is 23.6 Å². The van der Waals surface area contributed by atoms with Crippen molar-refractivity contribution >= 4 is 12.4 Å². The van der Waals surface area contributed by atoms with E-state index in [-0.39, 0.29) is 11.4 Å². The first-order valence-corrected chi connectivity index (χ1v) is 7.20. The molecule has 0 unspecified atom stereocenters. The maximum atomic E-state index is 13.5. The van der Waals surface area contributed by atoms with Gasteiger partial charge in [0.05, 0.1) is 12.9 Å². The predicted octanol–water partition coefficient (Wildman–Crippen LogP) is 1.89. The molecular weight excluding hydrogens is 324 g/mol. The summed E-state index contributed by atoms with van der Waals surface area (Å²) < 4.78 is 46.5. The van der Waals surface area contributed by atoms with Crippen molar-refractivity contribution in [2.45, 2.75) is 26.2 Å². The topological polar surface area (TPSA) is 64.1 Å². The number of benzene rings is 1. The molecule has 24 heavy (non-hydrogen) atoms. The van der Waals surface area contributed by atoms with Crippen molar-refractivity contribution in [1.29, 1.82) is 0 Å². The Morgan fingerprint density at radius 1 is 1.17 bits per heavy atom. The highest BCUT2D eigenvalue weighted by Crippen LogP contribution is 2.33. The second-order valence-electron chi connectivity index (χ2n) is 6.42. The molecular formula is C15H17BF3N2O3-. The lowest BCUT2D eigenvalue weighted by Gasteiger charge is -2.29. The summed E-state index contributed by atoms with van der Waals surface area (Å²) in [4.78, 5) is 25.1. The molecule has 2 aromatic rings. The van der Waals surface area contributed by atoms with E-state index < -0.39 is 29.1 Å². The largest absolute Gasteiger partial charge is 0.513 e. The Balaban J connectivity index is 2.88. The van der Waals surface area contributed by atoms with E-state index in [4.69, 9.17) is 4.74 Å². The molecule has 130 valence electrons. The standard InChI is InChI=1S/C15H17BF3N2O3/c1-15(2,3)10-7-9(21-6-5-12(22)20-14(21)23)8-11(13(10)24-4)16(17,18)19/h5-8H,1-4H3,(H,20,22,23)/q-1. The van der Waals surface area contributed by atoms with Crippen molar-refractivity contribution < 1.29 is 17.7 Å². The summed E-state index contributed by atoms with van der Waals surface area (Å²) in [6, 6.07) is 3.39. The molecule has 2 rings (SSSR count). The van der Waals surface area contributed by atoms with Crippen molar-refractivity contribution in [2.24, 2.45) is 0 Å². The first-order chi connectivity index (χ1) is 10.9. The van der Waals surface area contributed by atoms with Gasteiger partial charge in [0.15, 0.2) is 0 Å². The van der Waals surface area contributed by atoms with E-state index in [9.17, 15) is 22.5 Å². The summed E-state index contributed by atoms with van der Waals surface area (Å²) in [5.41, 5.74) is -2.68. The Hall–Kier alpha value is -2.45. The van der Waals surface area contributed by atoms with Crippen LogP contribution in [0.4, 0.5) is 12.9 Å². The predicted molar refractivity (Wildman–Crippen MR) is 86.6 cm³/mol. The van der Waals surface area contributed by atoms with Gasteiger partial charge < -0.3 is 17.7 Å². The van der Waals surface area contributed by atoms with Crippen LogP contribution in [0.5, 0.6) is 5.75 Å². The Morgan fingerprint density at radius 2 is 1.79 bits per heavy atom. The number of aromatic amines is 1. The number of halogens is 3. The highest BCUT2D eigenvalue weighted by Gasteiger charge is 2.33. The summed E-state index contributed by atoms with van der Waals surface area (Å²) in [6.45, 7) is -0.117. The van der Waals surface area contributed by atoms with Gasteiger partial charge in [0.25, 0.3) is 5.56 Å². The third-order valence-electron chi connectivity index (χ3n) is 3.57. The minimum absolute atomic E-state index is 0.0103. The minimum Gasteiger partial charge on any atom is -0.499 e. The zero-order chi connectivity index (χ0) is 18.3. The molecule has 5 nitrogen and oxygen atoms in total. The van der Waals surface area contributed by atoms with Gasteiger partial charge in [0, 0.05) is 18.0 Å². The molecule has 0 fully saturated rings. The number of hydrogen-bond donors (Lipinski definition) is 1. The van der Waals surface area contributed by atoms with Gasteiger partial charge in [0.1, 0.15) is 0 Å². The smallest absolute Gasteiger partial charge is 0.499 e. The number of nitrogens with one attached hydrogen (secondary N) is 1. The van der Waals surface area contributed by atoms with E-state index in [0.717, 1.165) is 22.9 Å². The molecule has 0 aliphatic heterocycles. The Bertz CT molecular complexity index is 844. The number of ether oxygens (including phenoxy) is 1. The van der Waals surface area contributed by atoms with Gasteiger partial charge in [-0.3, -0.25) is 14.3 Å². The molecule has 0 amide bonds. The summed E-state index contributed by atoms with van der Waals surface area (Å²) in [6.07, 6.45) is 1.14. The second kappa shape index (κ2) is 5.88. The van der Waals surface area contributed by atoms with E-state index in [0.29, 0.717) is 5.56 Å². The summed E-state index contributed by atoms with van der Waals surface area (Å²) in [5.74, 6) is -0.253. The number of rotatable bonds is 3. The normalized spacial score (nSPS) is 12.3. The highest BCUT2D eigenvalue weighted by atomic mass is 19.4. The lowest BCUT2D eigenvalue weighted by molar-refractivity contribution is 0.396. The summed E-state index contributed by atoms with van der Waals surface area (Å²) in [5, 5.41) is 0. The van der Waals surface area contributed by atoms with Crippen molar-refractivity contribution in [3.05, 3.63) is 50.8 Å². The average Bonchev–Trinajstić information content (AvgIpc) is 2.44. The Kier molecular flexibility index (Phi) is 4.39. The molecule has 1 aromatic carbocycles. The molecule has 0 spiro atoms. The molecule has 0 saturated heterocycles. The molecule has 0 bridgehead atoms. The van der Waals surface area contributed by atoms with Gasteiger partial charge in [-0.05, 0) is 17.0 Å². The van der Waals surface area contributed by atoms with Crippen LogP contribution in [0, 0.1) is 0 Å². The minimum atomic E-state index is -5.36. The number of nitrogens with zero attached hydrogens (tertiary/aromatic N) is 1. The number of methoxy groups -OCH3 is 1. The van der Waals surface area contributed by atoms with Crippen molar-refractivity contribution in [3.63, 3.8) is 0 Å². The SMILES string of the molecule is COc1c([B-](F)(F)F)cc(-n2ccc(=O)[nH]c2=O)cc1C(C)(C)C. The fraction of sp³-hybridized carbons (Fsp3) is 0.333. The van der Waals surface area contributed by atoms with E-state index in [1.807, 2.05) is 4.98 Å². The van der Waals surface area contributed by atoms with Crippen molar-refractivity contribution in [3.8, 4) is 11.4 Å². The monoisotopic (exact) mass is 341 g/mol. The van der Waals surface area contributed by atoms with Crippen LogP contribution in [0.3, 0.4) is 0 Å². The maximum Gasteiger partial charge on any atom is 0.513 e. The maximum absolute atomic E-state index is 13.5. The number of aromatic nitrogens is 2. The third kappa shape index (κ3) is 3.39. The van der Waals surface area contributed by atoms with E-state index in [2.05, 4.69) is 0 Å². The molecule has 1 heterocycles. The molecule has 1 aromatic heterocycles. The van der Waals surface area contributed by atoms with Crippen LogP contribution in [0.1, 0.15) is 26.3 Å². The molecule has 0 saturated carbocycles. The van der Waals surface area contributed by atoms with Crippen LogP contribution < -0.4 is 21.4 Å². The fourth-order valence-corrected chi connectivity index (χ4v) is 2.42. The zero-order valence-electron chi connectivity index (χ0n) is 13.7. The third-order valence-corrected chi connectivity index (χ3v) is 3.57. The molecule has 0 aliphatic carbocycles. The molecule has 0 atom stereocenters. The molecule has 1 N–H and O–H groups in total. The van der Waals surface area contributed by atoms with Crippen LogP contribution in [0.15, 0.2) is 34.0 Å². The van der Waals surface area contributed by atoms with Crippen molar-refractivity contribution in [1.82, 2.24) is 9.55 Å². The van der Waals surface area contributed by atoms with Crippen LogP contribution in [0.2, 0.25) is 0 Å². The quantitative estimate of drug-likeness (QED) is 0.868. The molecule has 0 radical (unpaired) electrons. The van der Waals surface area contributed by atoms with Gasteiger partial charge in [-0.1, -0.05) is 32.3 Å². The van der Waals surface area contributed by atoms with E-state index in [1.54, 1.807) is 20.8 Å². The summed E-state index contributed by atoms with van der Waals surface area (Å²) >= 11 is 0. The fourth-order valence-electron chi connectivity index (χ4n) is 2.42. The van der Waals surface area contributed by atoms with Crippen LogP contribution >= 0.6 is 0 Å². The molecule has 9 heteroatoms. The average molecular weight is 341 g/mol. The van der Waals surface area contributed by atoms with Gasteiger partial charge in [-0.25, -0.2) is 4.79 Å². The molecule has 0 aliphatic rings. The van der Waals surface area contributed by atoms with Gasteiger partial charge in [-0.2, -0.15) is 0 Å². The Morgan fingerprint density at radius 3 is 2.25 bits per heavy atom. The van der Waals surface area contributed by atoms with E-state index >= 15 is 0 Å². The summed E-state index contributed by atoms with van der Waals surface area (Å²) in [7, 11) is 1.18. The van der Waals surface area contributed by atoms with Gasteiger partial charge >= 0.3 is 12.7 Å². The Labute approximate surface area is 136 Å². The first-order valence-electron chi connectivity index (χ1n) is 7.20. The second-order valence-corrected chi connectivity index (χ2v) is 6.42. The zero-order valence-corrected chi connectivity index (χ0v) is 13.7. The van der Waals surface area contributed by atoms with Crippen LogP contribution in [0.25, 0.3) is 5.69 Å². The van der Waals surface area contributed by atoms with E-state index in [1.165, 1.54) is 13.2 Å². The number of hydrogen-bond acceptors (Lipinski definition) is 3. The van der Waals surface area contributed by atoms with Gasteiger partial charge in [0.2, 0.25) is 0 Å². The first kappa shape index (κ1) is 17.9. The number of H-pyrrole nitrogens is 1. The highest BCUT2D eigenvalue weighted by molar-refractivity contribution is 6.74.